The van der Waals surface area contributed by atoms with Gasteiger partial charge in [-0.15, -0.1) is 0 Å². The quantitative estimate of drug-likeness (QED) is 0.319. The van der Waals surface area contributed by atoms with E-state index in [4.69, 9.17) is 14.1 Å². The zero-order chi connectivity index (χ0) is 23.4. The van der Waals surface area contributed by atoms with Crippen LogP contribution in [0.5, 0.6) is 5.75 Å². The molecule has 1 aliphatic carbocycles. The predicted octanol–water partition coefficient (Wildman–Crippen LogP) is 7.03. The summed E-state index contributed by atoms with van der Waals surface area (Å²) in [4.78, 5) is 17.3. The van der Waals surface area contributed by atoms with Crippen LogP contribution in [0.4, 0.5) is 0 Å². The van der Waals surface area contributed by atoms with Crippen molar-refractivity contribution in [2.75, 3.05) is 0 Å². The van der Waals surface area contributed by atoms with Gasteiger partial charge in [0.1, 0.15) is 23.1 Å². The molecule has 0 radical (unpaired) electrons. The number of fused-ring (bicyclic) bond motifs is 3. The average molecular weight is 450 g/mol. The molecule has 0 aliphatic heterocycles. The van der Waals surface area contributed by atoms with E-state index in [1.807, 2.05) is 62.4 Å². The molecule has 0 fully saturated rings. The average Bonchev–Trinajstić information content (AvgIpc) is 3.41. The normalized spacial score (nSPS) is 15.1. The van der Waals surface area contributed by atoms with Crippen molar-refractivity contribution in [1.82, 2.24) is 4.98 Å². The van der Waals surface area contributed by atoms with Gasteiger partial charge in [-0.3, -0.25) is 0 Å². The number of carboxylic acid groups (broad SMARTS) is 1. The predicted molar refractivity (Wildman–Crippen MR) is 132 cm³/mol. The number of pyridine rings is 1. The van der Waals surface area contributed by atoms with E-state index in [9.17, 15) is 9.90 Å². The van der Waals surface area contributed by atoms with Crippen LogP contribution in [-0.2, 0) is 6.42 Å². The SMILES string of the molecule is Cc1c(-c2cc(C(=O)O)c3c(O[C@@H]4CCc5ccccc54)ccc(C)c3n2)oc2ccccc12. The van der Waals surface area contributed by atoms with Gasteiger partial charge in [-0.1, -0.05) is 48.5 Å². The second kappa shape index (κ2) is 7.73. The minimum atomic E-state index is -1.02. The lowest BCUT2D eigenvalue weighted by Crippen LogP contribution is -2.07. The van der Waals surface area contributed by atoms with Crippen LogP contribution in [0.3, 0.4) is 0 Å². The largest absolute Gasteiger partial charge is 0.485 e. The number of aromatic carboxylic acids is 1. The first-order valence-electron chi connectivity index (χ1n) is 11.4. The second-order valence-electron chi connectivity index (χ2n) is 8.86. The first-order chi connectivity index (χ1) is 16.5. The Hall–Kier alpha value is -4.12. The van der Waals surface area contributed by atoms with E-state index in [0.29, 0.717) is 28.1 Å². The van der Waals surface area contributed by atoms with Crippen LogP contribution in [0.15, 0.2) is 71.1 Å². The van der Waals surface area contributed by atoms with Crippen molar-refractivity contribution < 1.29 is 19.1 Å². The number of furan rings is 1. The molecular weight excluding hydrogens is 426 g/mol. The number of ether oxygens (including phenoxy) is 1. The van der Waals surface area contributed by atoms with Crippen LogP contribution in [0, 0.1) is 13.8 Å². The molecule has 5 aromatic rings. The standard InChI is InChI=1S/C29H23NO4/c1-16-11-13-25(33-24-14-12-18-7-3-4-9-20(18)24)26-21(29(31)32)15-22(30-27(16)26)28-17(2)19-8-5-6-10-23(19)34-28/h3-11,13,15,24H,12,14H2,1-2H3,(H,31,32)/t24-/m1/s1. The topological polar surface area (TPSA) is 72.6 Å². The first kappa shape index (κ1) is 20.5. The van der Waals surface area contributed by atoms with Crippen molar-refractivity contribution >= 4 is 27.8 Å². The molecule has 2 heterocycles. The van der Waals surface area contributed by atoms with E-state index >= 15 is 0 Å². The van der Waals surface area contributed by atoms with E-state index in [1.165, 1.54) is 5.56 Å². The Morgan fingerprint density at radius 3 is 2.68 bits per heavy atom. The Morgan fingerprint density at radius 1 is 1.06 bits per heavy atom. The molecule has 1 atom stereocenters. The third-order valence-corrected chi connectivity index (χ3v) is 6.78. The minimum absolute atomic E-state index is 0.110. The highest BCUT2D eigenvalue weighted by atomic mass is 16.5. The third kappa shape index (κ3) is 3.16. The lowest BCUT2D eigenvalue weighted by atomic mass is 10.0. The summed E-state index contributed by atoms with van der Waals surface area (Å²) in [6.45, 7) is 3.91. The van der Waals surface area contributed by atoms with E-state index in [0.717, 1.165) is 40.5 Å². The highest BCUT2D eigenvalue weighted by Crippen LogP contribution is 2.40. The number of hydrogen-bond donors (Lipinski definition) is 1. The molecule has 5 nitrogen and oxygen atoms in total. The van der Waals surface area contributed by atoms with Crippen molar-refractivity contribution in [2.45, 2.75) is 32.8 Å². The lowest BCUT2D eigenvalue weighted by Gasteiger charge is -2.18. The third-order valence-electron chi connectivity index (χ3n) is 6.78. The Labute approximate surface area is 196 Å². The molecule has 3 aromatic carbocycles. The second-order valence-corrected chi connectivity index (χ2v) is 8.86. The van der Waals surface area contributed by atoms with Gasteiger partial charge in [0, 0.05) is 10.9 Å². The summed E-state index contributed by atoms with van der Waals surface area (Å²) in [5, 5.41) is 11.7. The fraction of sp³-hybridized carbons (Fsp3) is 0.172. The van der Waals surface area contributed by atoms with Gasteiger partial charge in [-0.25, -0.2) is 9.78 Å². The molecule has 34 heavy (non-hydrogen) atoms. The van der Waals surface area contributed by atoms with Crippen molar-refractivity contribution in [3.05, 3.63) is 94.5 Å². The van der Waals surface area contributed by atoms with Gasteiger partial charge >= 0.3 is 5.97 Å². The number of carbonyl (C=O) groups is 1. The molecule has 2 aromatic heterocycles. The van der Waals surface area contributed by atoms with Crippen LogP contribution >= 0.6 is 0 Å². The summed E-state index contributed by atoms with van der Waals surface area (Å²) in [6, 6.07) is 21.4. The molecule has 0 unspecified atom stereocenters. The molecule has 0 saturated carbocycles. The number of para-hydroxylation sites is 1. The van der Waals surface area contributed by atoms with Crippen molar-refractivity contribution in [2.24, 2.45) is 0 Å². The number of benzene rings is 3. The molecule has 0 bridgehead atoms. The van der Waals surface area contributed by atoms with Crippen molar-refractivity contribution in [3.8, 4) is 17.2 Å². The molecule has 0 spiro atoms. The summed E-state index contributed by atoms with van der Waals surface area (Å²) in [7, 11) is 0. The van der Waals surface area contributed by atoms with E-state index in [1.54, 1.807) is 6.07 Å². The van der Waals surface area contributed by atoms with Crippen molar-refractivity contribution in [3.63, 3.8) is 0 Å². The van der Waals surface area contributed by atoms with Gasteiger partial charge in [-0.2, -0.15) is 0 Å². The summed E-state index contributed by atoms with van der Waals surface area (Å²) in [5.74, 6) is 0.103. The maximum Gasteiger partial charge on any atom is 0.336 e. The number of hydrogen-bond acceptors (Lipinski definition) is 4. The summed E-state index contributed by atoms with van der Waals surface area (Å²) in [6.07, 6.45) is 1.70. The summed E-state index contributed by atoms with van der Waals surface area (Å²) < 4.78 is 12.6. The molecule has 5 heteroatoms. The van der Waals surface area contributed by atoms with Crippen LogP contribution in [0.1, 0.15) is 45.1 Å². The minimum Gasteiger partial charge on any atom is -0.485 e. The number of aryl methyl sites for hydroxylation is 3. The number of nitrogens with zero attached hydrogens (tertiary/aromatic N) is 1. The maximum atomic E-state index is 12.4. The number of aromatic nitrogens is 1. The van der Waals surface area contributed by atoms with Crippen molar-refractivity contribution in [1.29, 1.82) is 0 Å². The number of carboxylic acids is 1. The van der Waals surface area contributed by atoms with Crippen LogP contribution in [0.25, 0.3) is 33.3 Å². The zero-order valence-corrected chi connectivity index (χ0v) is 19.0. The monoisotopic (exact) mass is 449 g/mol. The fourth-order valence-corrected chi connectivity index (χ4v) is 5.04. The van der Waals surface area contributed by atoms with Crippen LogP contribution < -0.4 is 4.74 Å². The number of rotatable bonds is 4. The first-order valence-corrected chi connectivity index (χ1v) is 11.4. The Kier molecular flexibility index (Phi) is 4.66. The molecule has 6 rings (SSSR count). The highest BCUT2D eigenvalue weighted by Gasteiger charge is 2.26. The molecule has 168 valence electrons. The summed E-state index contributed by atoms with van der Waals surface area (Å²) >= 11 is 0. The maximum absolute atomic E-state index is 12.4. The Balaban J connectivity index is 1.53. The summed E-state index contributed by atoms with van der Waals surface area (Å²) in [5.41, 5.74) is 6.29. The van der Waals surface area contributed by atoms with Gasteiger partial charge in [0.15, 0.2) is 5.76 Å². The zero-order valence-electron chi connectivity index (χ0n) is 19.0. The van der Waals surface area contributed by atoms with E-state index < -0.39 is 5.97 Å². The molecular formula is C29H23NO4. The van der Waals surface area contributed by atoms with Gasteiger partial charge in [0.05, 0.1) is 16.5 Å². The molecule has 1 N–H and O–H groups in total. The van der Waals surface area contributed by atoms with E-state index in [2.05, 4.69) is 12.1 Å². The van der Waals surface area contributed by atoms with Crippen LogP contribution in [0.2, 0.25) is 0 Å². The fourth-order valence-electron chi connectivity index (χ4n) is 5.04. The lowest BCUT2D eigenvalue weighted by molar-refractivity contribution is 0.0698. The highest BCUT2D eigenvalue weighted by molar-refractivity contribution is 6.07. The van der Waals surface area contributed by atoms with E-state index in [-0.39, 0.29) is 11.7 Å². The van der Waals surface area contributed by atoms with Crippen LogP contribution in [-0.4, -0.2) is 16.1 Å². The van der Waals surface area contributed by atoms with Gasteiger partial charge < -0.3 is 14.3 Å². The van der Waals surface area contributed by atoms with Gasteiger partial charge in [-0.05, 0) is 61.6 Å². The molecule has 0 amide bonds. The molecule has 1 aliphatic rings. The Morgan fingerprint density at radius 2 is 1.85 bits per heavy atom. The van der Waals surface area contributed by atoms with Gasteiger partial charge in [0.2, 0.25) is 0 Å². The Bertz CT molecular complexity index is 1600. The smallest absolute Gasteiger partial charge is 0.336 e. The molecule has 0 saturated heterocycles. The van der Waals surface area contributed by atoms with Gasteiger partial charge in [0.25, 0.3) is 0 Å².